The minimum atomic E-state index is 0.444. The Morgan fingerprint density at radius 3 is 2.75 bits per heavy atom. The summed E-state index contributed by atoms with van der Waals surface area (Å²) < 4.78 is 0. The highest BCUT2D eigenvalue weighted by molar-refractivity contribution is 6.20. The van der Waals surface area contributed by atoms with Crippen LogP contribution in [0.1, 0.15) is 26.2 Å². The number of rotatable bonds is 0. The summed E-state index contributed by atoms with van der Waals surface area (Å²) in [5.74, 6) is 0.713. The van der Waals surface area contributed by atoms with E-state index in [0.29, 0.717) is 11.3 Å². The number of hydrogen-bond donors (Lipinski definition) is 0. The Bertz CT molecular complexity index is 60.8. The van der Waals surface area contributed by atoms with Crippen LogP contribution in [0, 0.1) is 12.3 Å². The maximum absolute atomic E-state index is 5.95. The molecule has 1 heteroatoms. The quantitative estimate of drug-likeness (QED) is 0.444. The zero-order chi connectivity index (χ0) is 5.98. The van der Waals surface area contributed by atoms with Crippen molar-refractivity contribution in [3.63, 3.8) is 0 Å². The molecule has 1 aliphatic carbocycles. The molecular formula is C7H12Cl. The smallest absolute Gasteiger partial charge is 0.0361 e. The summed E-state index contributed by atoms with van der Waals surface area (Å²) in [7, 11) is 0. The Balaban J connectivity index is 2.28. The zero-order valence-electron chi connectivity index (χ0n) is 5.23. The third kappa shape index (κ3) is 1.38. The van der Waals surface area contributed by atoms with E-state index in [1.807, 2.05) is 0 Å². The van der Waals surface area contributed by atoms with Gasteiger partial charge in [-0.05, 0) is 31.6 Å². The van der Waals surface area contributed by atoms with Crippen molar-refractivity contribution in [3.05, 3.63) is 6.42 Å². The number of alkyl halides is 1. The Morgan fingerprint density at radius 1 is 1.62 bits per heavy atom. The van der Waals surface area contributed by atoms with Crippen LogP contribution in [0.4, 0.5) is 0 Å². The van der Waals surface area contributed by atoms with Gasteiger partial charge in [0.15, 0.2) is 0 Å². The second-order valence-corrected chi connectivity index (χ2v) is 3.16. The maximum Gasteiger partial charge on any atom is 0.0361 e. The molecule has 0 nitrogen and oxygen atoms in total. The lowest BCUT2D eigenvalue weighted by atomic mass is 9.90. The lowest BCUT2D eigenvalue weighted by Crippen LogP contribution is -2.16. The molecule has 0 aromatic carbocycles. The first-order chi connectivity index (χ1) is 3.80. The molecule has 1 fully saturated rings. The van der Waals surface area contributed by atoms with Crippen molar-refractivity contribution >= 4 is 11.6 Å². The summed E-state index contributed by atoms with van der Waals surface area (Å²) in [5.41, 5.74) is 0. The molecule has 0 spiro atoms. The zero-order valence-corrected chi connectivity index (χ0v) is 5.99. The molecule has 2 unspecified atom stereocenters. The van der Waals surface area contributed by atoms with Gasteiger partial charge in [-0.2, -0.15) is 0 Å². The van der Waals surface area contributed by atoms with Crippen molar-refractivity contribution in [1.29, 1.82) is 0 Å². The van der Waals surface area contributed by atoms with Crippen LogP contribution in [-0.4, -0.2) is 5.38 Å². The first-order valence-corrected chi connectivity index (χ1v) is 3.70. The van der Waals surface area contributed by atoms with Gasteiger partial charge >= 0.3 is 0 Å². The lowest BCUT2D eigenvalue weighted by Gasteiger charge is -2.22. The fraction of sp³-hybridized carbons (Fsp3) is 0.857. The molecule has 0 aliphatic heterocycles. The SMILES string of the molecule is CC1C[CH]CCC1Cl. The van der Waals surface area contributed by atoms with Gasteiger partial charge in [-0.15, -0.1) is 11.6 Å². The predicted molar refractivity (Wildman–Crippen MR) is 37.0 cm³/mol. The largest absolute Gasteiger partial charge is 0.123 e. The molecule has 8 heavy (non-hydrogen) atoms. The summed E-state index contributed by atoms with van der Waals surface area (Å²) in [5, 5.41) is 0.444. The molecule has 1 rings (SSSR count). The third-order valence-electron chi connectivity index (χ3n) is 1.80. The predicted octanol–water partition coefficient (Wildman–Crippen LogP) is 2.62. The summed E-state index contributed by atoms with van der Waals surface area (Å²) in [4.78, 5) is 0. The van der Waals surface area contributed by atoms with Gasteiger partial charge in [0.25, 0.3) is 0 Å². The highest BCUT2D eigenvalue weighted by Gasteiger charge is 2.17. The monoisotopic (exact) mass is 131 g/mol. The molecule has 0 N–H and O–H groups in total. The number of halogens is 1. The van der Waals surface area contributed by atoms with Crippen molar-refractivity contribution in [2.24, 2.45) is 5.92 Å². The van der Waals surface area contributed by atoms with E-state index in [9.17, 15) is 0 Å². The Kier molecular flexibility index (Phi) is 2.18. The van der Waals surface area contributed by atoms with Crippen molar-refractivity contribution < 1.29 is 0 Å². The van der Waals surface area contributed by atoms with Crippen molar-refractivity contribution in [2.75, 3.05) is 0 Å². The second-order valence-electron chi connectivity index (χ2n) is 2.60. The average molecular weight is 132 g/mol. The molecule has 1 aliphatic rings. The topological polar surface area (TPSA) is 0 Å². The second kappa shape index (κ2) is 2.72. The van der Waals surface area contributed by atoms with E-state index in [2.05, 4.69) is 13.3 Å². The first-order valence-electron chi connectivity index (χ1n) is 3.26. The summed E-state index contributed by atoms with van der Waals surface area (Å²) in [6.07, 6.45) is 5.96. The summed E-state index contributed by atoms with van der Waals surface area (Å²) in [6.45, 7) is 2.22. The van der Waals surface area contributed by atoms with Gasteiger partial charge in [0.1, 0.15) is 0 Å². The Morgan fingerprint density at radius 2 is 2.38 bits per heavy atom. The Hall–Kier alpha value is 0.290. The average Bonchev–Trinajstić information content (AvgIpc) is 1.77. The van der Waals surface area contributed by atoms with Gasteiger partial charge < -0.3 is 0 Å². The van der Waals surface area contributed by atoms with Crippen LogP contribution in [0.5, 0.6) is 0 Å². The molecule has 0 bridgehead atoms. The first kappa shape index (κ1) is 6.41. The van der Waals surface area contributed by atoms with E-state index >= 15 is 0 Å². The van der Waals surface area contributed by atoms with Gasteiger partial charge in [0.2, 0.25) is 0 Å². The summed E-state index contributed by atoms with van der Waals surface area (Å²) >= 11 is 5.95. The fourth-order valence-electron chi connectivity index (χ4n) is 1.09. The molecule has 0 aromatic heterocycles. The minimum Gasteiger partial charge on any atom is -0.123 e. The van der Waals surface area contributed by atoms with E-state index in [1.54, 1.807) is 0 Å². The van der Waals surface area contributed by atoms with Crippen LogP contribution in [0.3, 0.4) is 0 Å². The van der Waals surface area contributed by atoms with Crippen LogP contribution in [0.2, 0.25) is 0 Å². The normalized spacial score (nSPS) is 39.8. The standard InChI is InChI=1S/C7H12Cl/c1-6-4-2-3-5-7(6)8/h2,6-7H,3-5H2,1H3. The maximum atomic E-state index is 5.95. The molecule has 1 saturated carbocycles. The molecular weight excluding hydrogens is 120 g/mol. The lowest BCUT2D eigenvalue weighted by molar-refractivity contribution is 0.456. The highest BCUT2D eigenvalue weighted by atomic mass is 35.5. The van der Waals surface area contributed by atoms with E-state index in [4.69, 9.17) is 11.6 Å². The Labute approximate surface area is 56.2 Å². The minimum absolute atomic E-state index is 0.444. The van der Waals surface area contributed by atoms with Gasteiger partial charge in [-0.3, -0.25) is 0 Å². The van der Waals surface area contributed by atoms with Gasteiger partial charge in [0, 0.05) is 5.38 Å². The van der Waals surface area contributed by atoms with Crippen molar-refractivity contribution in [2.45, 2.75) is 31.6 Å². The van der Waals surface area contributed by atoms with Gasteiger partial charge in [-0.25, -0.2) is 0 Å². The number of hydrogen-bond acceptors (Lipinski definition) is 0. The van der Waals surface area contributed by atoms with Crippen LogP contribution in [-0.2, 0) is 0 Å². The molecule has 1 radical (unpaired) electrons. The molecule has 47 valence electrons. The van der Waals surface area contributed by atoms with Crippen LogP contribution in [0.15, 0.2) is 0 Å². The van der Waals surface area contributed by atoms with E-state index in [1.165, 1.54) is 19.3 Å². The molecule has 0 heterocycles. The van der Waals surface area contributed by atoms with Gasteiger partial charge in [0.05, 0.1) is 0 Å². The van der Waals surface area contributed by atoms with Crippen molar-refractivity contribution in [3.8, 4) is 0 Å². The molecule has 2 atom stereocenters. The van der Waals surface area contributed by atoms with E-state index < -0.39 is 0 Å². The fourth-order valence-corrected chi connectivity index (χ4v) is 1.32. The highest BCUT2D eigenvalue weighted by Crippen LogP contribution is 2.26. The van der Waals surface area contributed by atoms with Crippen LogP contribution < -0.4 is 0 Å². The molecule has 0 aromatic rings. The van der Waals surface area contributed by atoms with Crippen molar-refractivity contribution in [1.82, 2.24) is 0 Å². The molecule has 0 saturated heterocycles. The van der Waals surface area contributed by atoms with Crippen LogP contribution >= 0.6 is 11.6 Å². The molecule has 0 amide bonds. The van der Waals surface area contributed by atoms with E-state index in [-0.39, 0.29) is 0 Å². The van der Waals surface area contributed by atoms with Gasteiger partial charge in [-0.1, -0.05) is 6.92 Å². The summed E-state index contributed by atoms with van der Waals surface area (Å²) in [6, 6.07) is 0. The third-order valence-corrected chi connectivity index (χ3v) is 2.45. The van der Waals surface area contributed by atoms with Crippen LogP contribution in [0.25, 0.3) is 0 Å². The van der Waals surface area contributed by atoms with E-state index in [0.717, 1.165) is 0 Å².